The number of pyridine rings is 1. The van der Waals surface area contributed by atoms with Crippen molar-refractivity contribution in [1.29, 1.82) is 0 Å². The van der Waals surface area contributed by atoms with E-state index in [4.69, 9.17) is 19.9 Å². The van der Waals surface area contributed by atoms with Crippen molar-refractivity contribution in [1.82, 2.24) is 19.9 Å². The number of rotatable bonds is 3. The topological polar surface area (TPSA) is 51.6 Å². The highest BCUT2D eigenvalue weighted by Gasteiger charge is 2.19. The van der Waals surface area contributed by atoms with Gasteiger partial charge in [0.1, 0.15) is 5.69 Å². The van der Waals surface area contributed by atoms with Crippen LogP contribution in [0.2, 0.25) is 0 Å². The maximum absolute atomic E-state index is 5.22. The van der Waals surface area contributed by atoms with E-state index in [9.17, 15) is 0 Å². The Morgan fingerprint density at radius 1 is 0.410 bits per heavy atom. The molecule has 0 aliphatic rings. The van der Waals surface area contributed by atoms with Gasteiger partial charge in [-0.3, -0.25) is 0 Å². The largest absolute Gasteiger partial charge is 0.244 e. The minimum Gasteiger partial charge on any atom is -0.244 e. The van der Waals surface area contributed by atoms with E-state index in [2.05, 4.69) is 60.7 Å². The number of fused-ring (bicyclic) bond motifs is 7. The Morgan fingerprint density at radius 3 is 1.67 bits per heavy atom. The fourth-order valence-corrected chi connectivity index (χ4v) is 6.56. The lowest BCUT2D eigenvalue weighted by molar-refractivity contribution is 1.07. The monoisotopic (exact) mass is 516 g/mol. The van der Waals surface area contributed by atoms with Crippen LogP contribution in [0.5, 0.6) is 0 Å². The molecule has 0 bridgehead atoms. The van der Waals surface area contributed by atoms with Gasteiger partial charge in [-0.15, -0.1) is 11.3 Å². The summed E-state index contributed by atoms with van der Waals surface area (Å²) in [5.41, 5.74) is 3.58. The summed E-state index contributed by atoms with van der Waals surface area (Å²) in [6, 6.07) is 41.5. The Hall–Kier alpha value is -5.00. The minimum absolute atomic E-state index is 0.567. The first-order valence-electron chi connectivity index (χ1n) is 12.8. The number of hydrogen-bond acceptors (Lipinski definition) is 5. The molecule has 4 nitrogen and oxygen atoms in total. The average molecular weight is 517 g/mol. The molecule has 39 heavy (non-hydrogen) atoms. The third-order valence-corrected chi connectivity index (χ3v) is 8.32. The molecule has 3 heterocycles. The smallest absolute Gasteiger partial charge is 0.183 e. The lowest BCUT2D eigenvalue weighted by Crippen LogP contribution is -2.02. The van der Waals surface area contributed by atoms with E-state index in [1.54, 1.807) is 0 Å². The van der Waals surface area contributed by atoms with Crippen LogP contribution >= 0.6 is 11.3 Å². The predicted molar refractivity (Wildman–Crippen MR) is 162 cm³/mol. The molecule has 0 fully saturated rings. The fraction of sp³-hybridized carbons (Fsp3) is 0. The zero-order valence-electron chi connectivity index (χ0n) is 20.7. The van der Waals surface area contributed by atoms with Crippen molar-refractivity contribution in [3.8, 4) is 34.3 Å². The summed E-state index contributed by atoms with van der Waals surface area (Å²) in [6.45, 7) is 0. The van der Waals surface area contributed by atoms with Crippen molar-refractivity contribution in [2.75, 3.05) is 0 Å². The van der Waals surface area contributed by atoms with E-state index in [0.29, 0.717) is 17.5 Å². The maximum Gasteiger partial charge on any atom is 0.183 e. The molecule has 8 rings (SSSR count). The Bertz CT molecular complexity index is 2110. The molecule has 0 aliphatic carbocycles. The van der Waals surface area contributed by atoms with E-state index < -0.39 is 0 Å². The van der Waals surface area contributed by atoms with Crippen LogP contribution < -0.4 is 0 Å². The van der Waals surface area contributed by atoms with Crippen molar-refractivity contribution in [2.24, 2.45) is 0 Å². The van der Waals surface area contributed by atoms with Crippen molar-refractivity contribution < 1.29 is 0 Å². The first-order chi connectivity index (χ1) is 19.3. The van der Waals surface area contributed by atoms with E-state index in [1.807, 2.05) is 72.0 Å². The number of benzene rings is 5. The van der Waals surface area contributed by atoms with Crippen LogP contribution in [0.25, 0.3) is 76.1 Å². The van der Waals surface area contributed by atoms with Crippen LogP contribution in [0.15, 0.2) is 121 Å². The molecule has 5 aromatic carbocycles. The summed E-state index contributed by atoms with van der Waals surface area (Å²) in [6.07, 6.45) is 0. The number of nitrogens with zero attached hydrogens (tertiary/aromatic N) is 4. The van der Waals surface area contributed by atoms with Gasteiger partial charge in [-0.2, -0.15) is 0 Å². The standard InChI is InChI=1S/C34H20N4S/c1-3-11-21(12-4-1)32-36-33(22-13-5-2-6-14-22)38-34(37-32)30-25-17-8-7-16-24(25)29-27(35-30)20-19-26-23-15-9-10-18-28(23)39-31(26)29/h1-20H. The molecule has 3 aromatic heterocycles. The van der Waals surface area contributed by atoms with Gasteiger partial charge in [0.15, 0.2) is 17.5 Å². The minimum atomic E-state index is 0.567. The molecule has 182 valence electrons. The summed E-state index contributed by atoms with van der Waals surface area (Å²) >= 11 is 1.83. The second-order valence-corrected chi connectivity index (χ2v) is 10.5. The van der Waals surface area contributed by atoms with E-state index in [-0.39, 0.29) is 0 Å². The summed E-state index contributed by atoms with van der Waals surface area (Å²) in [5, 5.41) is 5.90. The Morgan fingerprint density at radius 2 is 0.974 bits per heavy atom. The molecule has 0 atom stereocenters. The van der Waals surface area contributed by atoms with Gasteiger partial charge in [0.05, 0.1) is 5.52 Å². The molecule has 0 radical (unpaired) electrons. The van der Waals surface area contributed by atoms with Gasteiger partial charge in [-0.05, 0) is 17.5 Å². The Balaban J connectivity index is 1.45. The molecule has 0 aliphatic heterocycles. The van der Waals surface area contributed by atoms with Crippen LogP contribution in [0.1, 0.15) is 0 Å². The first kappa shape index (κ1) is 22.0. The molecule has 5 heteroatoms. The highest BCUT2D eigenvalue weighted by atomic mass is 32.1. The highest BCUT2D eigenvalue weighted by Crippen LogP contribution is 2.42. The van der Waals surface area contributed by atoms with Gasteiger partial charge in [0, 0.05) is 42.1 Å². The van der Waals surface area contributed by atoms with Crippen molar-refractivity contribution in [3.05, 3.63) is 121 Å². The van der Waals surface area contributed by atoms with Gasteiger partial charge in [-0.1, -0.05) is 109 Å². The first-order valence-corrected chi connectivity index (χ1v) is 13.7. The van der Waals surface area contributed by atoms with Crippen molar-refractivity contribution >= 4 is 53.2 Å². The zero-order valence-corrected chi connectivity index (χ0v) is 21.6. The number of aromatic nitrogens is 4. The quantitative estimate of drug-likeness (QED) is 0.220. The summed E-state index contributed by atoms with van der Waals surface area (Å²) in [5.74, 6) is 1.83. The van der Waals surface area contributed by atoms with Gasteiger partial charge < -0.3 is 0 Å². The van der Waals surface area contributed by atoms with Crippen LogP contribution in [0.3, 0.4) is 0 Å². The second-order valence-electron chi connectivity index (χ2n) is 9.48. The van der Waals surface area contributed by atoms with Gasteiger partial charge >= 0.3 is 0 Å². The Kier molecular flexibility index (Phi) is 4.96. The van der Waals surface area contributed by atoms with Gasteiger partial charge in [0.25, 0.3) is 0 Å². The van der Waals surface area contributed by atoms with E-state index in [1.165, 1.54) is 25.6 Å². The lowest BCUT2D eigenvalue weighted by atomic mass is 10.0. The summed E-state index contributed by atoms with van der Waals surface area (Å²) in [7, 11) is 0. The van der Waals surface area contributed by atoms with Crippen molar-refractivity contribution in [2.45, 2.75) is 0 Å². The zero-order chi connectivity index (χ0) is 25.8. The normalized spacial score (nSPS) is 11.6. The van der Waals surface area contributed by atoms with Crippen LogP contribution in [-0.2, 0) is 0 Å². The third kappa shape index (κ3) is 3.59. The fourth-order valence-electron chi connectivity index (χ4n) is 5.31. The predicted octanol–water partition coefficient (Wildman–Crippen LogP) is 8.94. The summed E-state index contributed by atoms with van der Waals surface area (Å²) in [4.78, 5) is 20.0. The number of thiophene rings is 1. The summed E-state index contributed by atoms with van der Waals surface area (Å²) < 4.78 is 2.54. The van der Waals surface area contributed by atoms with Gasteiger partial charge in [0.2, 0.25) is 0 Å². The molecular weight excluding hydrogens is 496 g/mol. The van der Waals surface area contributed by atoms with Crippen LogP contribution in [-0.4, -0.2) is 19.9 Å². The third-order valence-electron chi connectivity index (χ3n) is 7.12. The van der Waals surface area contributed by atoms with Gasteiger partial charge in [-0.25, -0.2) is 19.9 Å². The molecule has 0 saturated heterocycles. The molecule has 0 N–H and O–H groups in total. The second kappa shape index (κ2) is 8.79. The van der Waals surface area contributed by atoms with E-state index in [0.717, 1.165) is 33.1 Å². The molecule has 0 unspecified atom stereocenters. The van der Waals surface area contributed by atoms with E-state index >= 15 is 0 Å². The Labute approximate surface area is 228 Å². The average Bonchev–Trinajstić information content (AvgIpc) is 3.40. The molecular formula is C34H20N4S. The maximum atomic E-state index is 5.22. The van der Waals surface area contributed by atoms with Crippen LogP contribution in [0.4, 0.5) is 0 Å². The molecule has 0 saturated carbocycles. The molecule has 0 spiro atoms. The van der Waals surface area contributed by atoms with Crippen molar-refractivity contribution in [3.63, 3.8) is 0 Å². The lowest BCUT2D eigenvalue weighted by Gasteiger charge is -2.12. The molecule has 0 amide bonds. The number of hydrogen-bond donors (Lipinski definition) is 0. The SMILES string of the molecule is c1ccc(-c2nc(-c3ccccc3)nc(-c3nc4ccc5c6ccccc6sc5c4c4ccccc34)n2)cc1. The van der Waals surface area contributed by atoms with Crippen LogP contribution in [0, 0.1) is 0 Å². The highest BCUT2D eigenvalue weighted by molar-refractivity contribution is 7.26. The molecule has 8 aromatic rings.